The normalized spacial score (nSPS) is 19.8. The van der Waals surface area contributed by atoms with Crippen molar-refractivity contribution in [2.24, 2.45) is 5.92 Å². The summed E-state index contributed by atoms with van der Waals surface area (Å²) in [6.07, 6.45) is 5.01. The first-order valence-corrected chi connectivity index (χ1v) is 11.2. The largest absolute Gasteiger partial charge is 0.493 e. The van der Waals surface area contributed by atoms with Gasteiger partial charge in [0, 0.05) is 38.4 Å². The minimum absolute atomic E-state index is 0.0669. The number of nitrogens with zero attached hydrogens (tertiary/aromatic N) is 1. The lowest BCUT2D eigenvalue weighted by atomic mass is 10.1. The zero-order valence-corrected chi connectivity index (χ0v) is 17.3. The number of hydrogen-bond acceptors (Lipinski definition) is 5. The quantitative estimate of drug-likeness (QED) is 0.639. The molecule has 1 saturated carbocycles. The van der Waals surface area contributed by atoms with E-state index in [1.807, 2.05) is 24.3 Å². The van der Waals surface area contributed by atoms with Crippen LogP contribution < -0.4 is 10.1 Å². The van der Waals surface area contributed by atoms with Crippen LogP contribution in [0.15, 0.2) is 24.3 Å². The Kier molecular flexibility index (Phi) is 8.03. The number of carbonyl (C=O) groups is 2. The molecule has 3 rings (SSSR count). The summed E-state index contributed by atoms with van der Waals surface area (Å²) in [6.45, 7) is 1.70. The van der Waals surface area contributed by atoms with Gasteiger partial charge in [0.2, 0.25) is 11.8 Å². The molecule has 154 valence electrons. The van der Waals surface area contributed by atoms with E-state index in [2.05, 4.69) is 5.32 Å². The van der Waals surface area contributed by atoms with Crippen molar-refractivity contribution < 1.29 is 19.1 Å². The van der Waals surface area contributed by atoms with Gasteiger partial charge in [0.1, 0.15) is 11.8 Å². The van der Waals surface area contributed by atoms with Gasteiger partial charge in [-0.1, -0.05) is 25.0 Å². The zero-order valence-electron chi connectivity index (χ0n) is 16.5. The Bertz CT molecular complexity index is 664. The molecule has 0 radical (unpaired) electrons. The fourth-order valence-corrected chi connectivity index (χ4v) is 4.89. The molecule has 2 amide bonds. The van der Waals surface area contributed by atoms with Crippen LogP contribution in [0.5, 0.6) is 5.75 Å². The molecule has 1 aromatic rings. The fraction of sp³-hybridized carbons (Fsp3) is 0.619. The number of rotatable bonds is 9. The Morgan fingerprint density at radius 3 is 2.86 bits per heavy atom. The third kappa shape index (κ3) is 5.64. The highest BCUT2D eigenvalue weighted by Crippen LogP contribution is 2.30. The highest BCUT2D eigenvalue weighted by atomic mass is 32.2. The lowest BCUT2D eigenvalue weighted by Crippen LogP contribution is -2.48. The van der Waals surface area contributed by atoms with Crippen LogP contribution >= 0.6 is 11.8 Å². The summed E-state index contributed by atoms with van der Waals surface area (Å²) >= 11 is 1.66. The monoisotopic (exact) mass is 406 g/mol. The van der Waals surface area contributed by atoms with E-state index in [9.17, 15) is 9.59 Å². The molecule has 1 N–H and O–H groups in total. The van der Waals surface area contributed by atoms with Gasteiger partial charge in [0.25, 0.3) is 0 Å². The molecule has 0 aromatic heterocycles. The first-order valence-electron chi connectivity index (χ1n) is 10.1. The second-order valence-corrected chi connectivity index (χ2v) is 8.36. The number of hydrogen-bond donors (Lipinski definition) is 1. The van der Waals surface area contributed by atoms with Crippen molar-refractivity contribution in [1.29, 1.82) is 0 Å². The van der Waals surface area contributed by atoms with E-state index in [1.54, 1.807) is 23.8 Å². The molecule has 2 fully saturated rings. The summed E-state index contributed by atoms with van der Waals surface area (Å²) in [5.41, 5.74) is 0.983. The lowest BCUT2D eigenvalue weighted by Gasteiger charge is -2.25. The summed E-state index contributed by atoms with van der Waals surface area (Å²) < 4.78 is 10.7. The first kappa shape index (κ1) is 21.0. The third-order valence-corrected chi connectivity index (χ3v) is 6.31. The SMILES string of the molecule is COCCCOc1cccc(CNC(=O)[C@H]2CSCN2C(=O)C2CCCC2)c1. The predicted octanol–water partition coefficient (Wildman–Crippen LogP) is 2.81. The van der Waals surface area contributed by atoms with Gasteiger partial charge in [0.15, 0.2) is 0 Å². The standard InChI is InChI=1S/C21H30N2O4S/c1-26-10-5-11-27-18-9-4-6-16(12-18)13-22-20(24)19-14-28-15-23(19)21(25)17-7-2-3-8-17/h4,6,9,12,17,19H,2-3,5,7-8,10-11,13-15H2,1H3,(H,22,24)/t19-/m1/s1. The van der Waals surface area contributed by atoms with E-state index in [4.69, 9.17) is 9.47 Å². The topological polar surface area (TPSA) is 67.9 Å². The summed E-state index contributed by atoms with van der Waals surface area (Å²) in [5, 5.41) is 3.00. The predicted molar refractivity (Wildman–Crippen MR) is 110 cm³/mol. The Labute approximate surface area is 171 Å². The average molecular weight is 407 g/mol. The van der Waals surface area contributed by atoms with Crippen LogP contribution in [0.4, 0.5) is 0 Å². The highest BCUT2D eigenvalue weighted by Gasteiger charge is 2.38. The molecule has 0 bridgehead atoms. The summed E-state index contributed by atoms with van der Waals surface area (Å²) in [4.78, 5) is 27.2. The van der Waals surface area contributed by atoms with E-state index in [1.165, 1.54) is 0 Å². The number of carbonyl (C=O) groups excluding carboxylic acids is 2. The molecule has 6 nitrogen and oxygen atoms in total. The van der Waals surface area contributed by atoms with Crippen molar-refractivity contribution in [3.8, 4) is 5.75 Å². The summed E-state index contributed by atoms with van der Waals surface area (Å²) in [5.74, 6) is 2.29. The maximum atomic E-state index is 12.7. The van der Waals surface area contributed by atoms with Gasteiger partial charge in [0.05, 0.1) is 12.5 Å². The van der Waals surface area contributed by atoms with Crippen LogP contribution in [0.25, 0.3) is 0 Å². The number of ether oxygens (including phenoxy) is 2. The Morgan fingerprint density at radius 2 is 2.07 bits per heavy atom. The van der Waals surface area contributed by atoms with Gasteiger partial charge >= 0.3 is 0 Å². The molecule has 1 aliphatic carbocycles. The van der Waals surface area contributed by atoms with Crippen LogP contribution in [-0.2, 0) is 20.9 Å². The molecule has 1 aliphatic heterocycles. The van der Waals surface area contributed by atoms with Crippen molar-refractivity contribution in [3.05, 3.63) is 29.8 Å². The van der Waals surface area contributed by atoms with Crippen molar-refractivity contribution in [2.45, 2.75) is 44.7 Å². The van der Waals surface area contributed by atoms with E-state index in [0.29, 0.717) is 31.4 Å². The maximum absolute atomic E-state index is 12.7. The Hall–Kier alpha value is -1.73. The molecule has 7 heteroatoms. The van der Waals surface area contributed by atoms with Gasteiger partial charge < -0.3 is 19.7 Å². The van der Waals surface area contributed by atoms with Gasteiger partial charge in [-0.15, -0.1) is 11.8 Å². The first-order chi connectivity index (χ1) is 13.7. The van der Waals surface area contributed by atoms with E-state index >= 15 is 0 Å². The lowest BCUT2D eigenvalue weighted by molar-refractivity contribution is -0.141. The maximum Gasteiger partial charge on any atom is 0.243 e. The molecule has 1 atom stereocenters. The van der Waals surface area contributed by atoms with Crippen LogP contribution in [0, 0.1) is 5.92 Å². The smallest absolute Gasteiger partial charge is 0.243 e. The molecule has 1 aromatic carbocycles. The molecular weight excluding hydrogens is 376 g/mol. The van der Waals surface area contributed by atoms with Gasteiger partial charge in [-0.05, 0) is 30.5 Å². The third-order valence-electron chi connectivity index (χ3n) is 5.30. The molecular formula is C21H30N2O4S. The van der Waals surface area contributed by atoms with Crippen LogP contribution in [0.2, 0.25) is 0 Å². The number of benzene rings is 1. The van der Waals surface area contributed by atoms with Gasteiger partial charge in [-0.3, -0.25) is 9.59 Å². The minimum atomic E-state index is -0.355. The number of amides is 2. The average Bonchev–Trinajstić information content (AvgIpc) is 3.41. The minimum Gasteiger partial charge on any atom is -0.493 e. The molecule has 2 aliphatic rings. The van der Waals surface area contributed by atoms with Gasteiger partial charge in [-0.2, -0.15) is 0 Å². The molecule has 0 spiro atoms. The highest BCUT2D eigenvalue weighted by molar-refractivity contribution is 7.99. The van der Waals surface area contributed by atoms with Crippen molar-refractivity contribution >= 4 is 23.6 Å². The number of methoxy groups -OCH3 is 1. The second kappa shape index (κ2) is 10.7. The summed E-state index contributed by atoms with van der Waals surface area (Å²) in [7, 11) is 1.68. The Morgan fingerprint density at radius 1 is 1.25 bits per heavy atom. The van der Waals surface area contributed by atoms with Crippen molar-refractivity contribution in [2.75, 3.05) is 32.0 Å². The second-order valence-electron chi connectivity index (χ2n) is 7.37. The summed E-state index contributed by atoms with van der Waals surface area (Å²) in [6, 6.07) is 7.39. The van der Waals surface area contributed by atoms with Gasteiger partial charge in [-0.25, -0.2) is 0 Å². The molecule has 1 heterocycles. The molecule has 28 heavy (non-hydrogen) atoms. The van der Waals surface area contributed by atoms with Crippen molar-refractivity contribution in [1.82, 2.24) is 10.2 Å². The fourth-order valence-electron chi connectivity index (χ4n) is 3.73. The zero-order chi connectivity index (χ0) is 19.8. The van der Waals surface area contributed by atoms with Crippen LogP contribution in [0.1, 0.15) is 37.7 Å². The number of thioether (sulfide) groups is 1. The number of nitrogens with one attached hydrogen (secondary N) is 1. The van der Waals surface area contributed by atoms with Crippen molar-refractivity contribution in [3.63, 3.8) is 0 Å². The Balaban J connectivity index is 1.49. The van der Waals surface area contributed by atoms with Crippen LogP contribution in [0.3, 0.4) is 0 Å². The molecule has 0 unspecified atom stereocenters. The van der Waals surface area contributed by atoms with Crippen LogP contribution in [-0.4, -0.2) is 54.7 Å². The van der Waals surface area contributed by atoms with E-state index in [-0.39, 0.29) is 23.8 Å². The van der Waals surface area contributed by atoms with E-state index < -0.39 is 0 Å². The van der Waals surface area contributed by atoms with E-state index in [0.717, 1.165) is 43.4 Å². The molecule has 1 saturated heterocycles.